The number of nitrogens with zero attached hydrogens (tertiary/aromatic N) is 1. The number of carbonyl (C=O) groups is 1. The molecule has 1 spiro atoms. The fourth-order valence-electron chi connectivity index (χ4n) is 5.69. The maximum atomic E-state index is 12.7. The number of hydrogen-bond acceptors (Lipinski definition) is 5. The van der Waals surface area contributed by atoms with Crippen molar-refractivity contribution in [2.45, 2.75) is 48.8 Å². The normalized spacial score (nSPS) is 38.9. The van der Waals surface area contributed by atoms with Gasteiger partial charge in [0.25, 0.3) is 0 Å². The Morgan fingerprint density at radius 2 is 2.17 bits per heavy atom. The van der Waals surface area contributed by atoms with Crippen LogP contribution in [0.2, 0.25) is 0 Å². The maximum absolute atomic E-state index is 12.7. The Morgan fingerprint density at radius 3 is 2.92 bits per heavy atom. The van der Waals surface area contributed by atoms with E-state index >= 15 is 0 Å². The van der Waals surface area contributed by atoms with Gasteiger partial charge in [0.1, 0.15) is 0 Å². The minimum Gasteiger partial charge on any atom is -0.493 e. The molecule has 0 amide bonds. The summed E-state index contributed by atoms with van der Waals surface area (Å²) >= 11 is 0. The Hall–Kier alpha value is -1.30. The molecule has 1 saturated carbocycles. The Bertz CT molecular complexity index is 738. The van der Waals surface area contributed by atoms with Crippen molar-refractivity contribution in [3.05, 3.63) is 23.3 Å². The van der Waals surface area contributed by atoms with E-state index in [1.54, 1.807) is 7.11 Å². The molecule has 2 heterocycles. The number of halogens is 1. The number of benzene rings is 1. The number of Topliss-reactive ketones (excluding diaryl/α,β-unsaturated/α-hetero) is 1. The van der Waals surface area contributed by atoms with Crippen molar-refractivity contribution in [1.82, 2.24) is 4.90 Å². The van der Waals surface area contributed by atoms with Gasteiger partial charge in [0.05, 0.1) is 18.1 Å². The highest BCUT2D eigenvalue weighted by atomic mass is 35.5. The Morgan fingerprint density at radius 1 is 1.38 bits per heavy atom. The van der Waals surface area contributed by atoms with E-state index in [0.29, 0.717) is 24.3 Å². The Labute approximate surface area is 147 Å². The van der Waals surface area contributed by atoms with E-state index in [1.807, 2.05) is 6.07 Å². The average molecular weight is 352 g/mol. The molecule has 6 heteroatoms. The van der Waals surface area contributed by atoms with Crippen molar-refractivity contribution in [3.8, 4) is 11.5 Å². The van der Waals surface area contributed by atoms with Gasteiger partial charge in [-0.25, -0.2) is 0 Å². The standard InChI is InChI=1S/C18H21NO4.ClH/c1-19-8-7-17-14-10-3-4-12(22-2)15(14)23-16(17)11(20)5-6-18(17,21)13(19)9-10;/h3-4,13,16,21H,5-9H2,1-2H3;1H/t13-,16+,17+,18?;/m1./s1. The van der Waals surface area contributed by atoms with Crippen LogP contribution < -0.4 is 9.47 Å². The molecule has 24 heavy (non-hydrogen) atoms. The molecule has 2 aliphatic carbocycles. The summed E-state index contributed by atoms with van der Waals surface area (Å²) in [6.07, 6.45) is 1.89. The second kappa shape index (κ2) is 4.87. The maximum Gasteiger partial charge on any atom is 0.174 e. The van der Waals surface area contributed by atoms with Crippen molar-refractivity contribution < 1.29 is 19.4 Å². The third-order valence-corrected chi connectivity index (χ3v) is 6.73. The van der Waals surface area contributed by atoms with Crippen LogP contribution in [0.15, 0.2) is 12.1 Å². The van der Waals surface area contributed by atoms with E-state index in [9.17, 15) is 9.90 Å². The fourth-order valence-corrected chi connectivity index (χ4v) is 5.69. The number of methoxy groups -OCH3 is 1. The molecule has 1 aromatic rings. The van der Waals surface area contributed by atoms with E-state index in [4.69, 9.17) is 9.47 Å². The molecular formula is C18H22ClNO4. The SMILES string of the molecule is COc1ccc2c3c1O[C@H]1C(=O)CCC4(O)[C@@H](C2)N(C)CC[C@]314.Cl. The van der Waals surface area contributed by atoms with Crippen LogP contribution in [0.1, 0.15) is 30.4 Å². The van der Waals surface area contributed by atoms with Gasteiger partial charge in [0, 0.05) is 18.0 Å². The molecule has 2 aliphatic heterocycles. The van der Waals surface area contributed by atoms with E-state index in [1.165, 1.54) is 5.56 Å². The average Bonchev–Trinajstić information content (AvgIpc) is 2.90. The molecule has 130 valence electrons. The van der Waals surface area contributed by atoms with E-state index in [2.05, 4.69) is 18.0 Å². The summed E-state index contributed by atoms with van der Waals surface area (Å²) < 4.78 is 11.6. The summed E-state index contributed by atoms with van der Waals surface area (Å²) in [4.78, 5) is 14.9. The van der Waals surface area contributed by atoms with Crippen molar-refractivity contribution in [1.29, 1.82) is 0 Å². The number of carbonyl (C=O) groups excluding carboxylic acids is 1. The molecule has 2 fully saturated rings. The van der Waals surface area contributed by atoms with Crippen molar-refractivity contribution in [3.63, 3.8) is 0 Å². The molecule has 0 radical (unpaired) electrons. The molecule has 1 unspecified atom stereocenters. The first-order valence-electron chi connectivity index (χ1n) is 8.35. The first kappa shape index (κ1) is 16.2. The van der Waals surface area contributed by atoms with E-state index < -0.39 is 17.1 Å². The zero-order valence-corrected chi connectivity index (χ0v) is 14.7. The van der Waals surface area contributed by atoms with Gasteiger partial charge < -0.3 is 19.5 Å². The van der Waals surface area contributed by atoms with Crippen LogP contribution in [0.3, 0.4) is 0 Å². The highest BCUT2D eigenvalue weighted by Crippen LogP contribution is 2.64. The molecule has 5 rings (SSSR count). The lowest BCUT2D eigenvalue weighted by Gasteiger charge is -2.62. The Balaban J connectivity index is 0.00000146. The first-order valence-corrected chi connectivity index (χ1v) is 8.35. The first-order chi connectivity index (χ1) is 11.0. The van der Waals surface area contributed by atoms with Gasteiger partial charge in [0.15, 0.2) is 23.4 Å². The van der Waals surface area contributed by atoms with Crippen LogP contribution in [0, 0.1) is 0 Å². The van der Waals surface area contributed by atoms with Gasteiger partial charge in [-0.05, 0) is 44.5 Å². The number of likely N-dealkylation sites (N-methyl/N-ethyl adjacent to an activating group) is 1. The molecule has 1 aromatic carbocycles. The van der Waals surface area contributed by atoms with Crippen LogP contribution in [-0.2, 0) is 16.6 Å². The van der Waals surface area contributed by atoms with Gasteiger partial charge in [-0.1, -0.05) is 6.07 Å². The van der Waals surface area contributed by atoms with Gasteiger partial charge in [-0.15, -0.1) is 12.4 Å². The lowest BCUT2D eigenvalue weighted by Crippen LogP contribution is -2.76. The van der Waals surface area contributed by atoms with Crippen LogP contribution in [-0.4, -0.2) is 54.2 Å². The molecule has 5 nitrogen and oxygen atoms in total. The smallest absolute Gasteiger partial charge is 0.174 e. The molecule has 1 N–H and O–H groups in total. The lowest BCUT2D eigenvalue weighted by molar-refractivity contribution is -0.185. The summed E-state index contributed by atoms with van der Waals surface area (Å²) in [7, 11) is 3.70. The molecule has 1 saturated heterocycles. The van der Waals surface area contributed by atoms with E-state index in [-0.39, 0.29) is 24.2 Å². The number of likely N-dealkylation sites (tertiary alicyclic amines) is 1. The number of rotatable bonds is 1. The molecular weight excluding hydrogens is 330 g/mol. The van der Waals surface area contributed by atoms with Crippen LogP contribution >= 0.6 is 12.4 Å². The zero-order valence-electron chi connectivity index (χ0n) is 13.9. The van der Waals surface area contributed by atoms with Crippen molar-refractivity contribution in [2.24, 2.45) is 0 Å². The quantitative estimate of drug-likeness (QED) is 0.830. The minimum atomic E-state index is -0.900. The fraction of sp³-hybridized carbons (Fsp3) is 0.611. The third kappa shape index (κ3) is 1.52. The summed E-state index contributed by atoms with van der Waals surface area (Å²) in [5.41, 5.74) is 0.737. The van der Waals surface area contributed by atoms with Crippen LogP contribution in [0.25, 0.3) is 0 Å². The topological polar surface area (TPSA) is 59.0 Å². The summed E-state index contributed by atoms with van der Waals surface area (Å²) in [5.74, 6) is 1.47. The van der Waals surface area contributed by atoms with Crippen molar-refractivity contribution >= 4 is 18.2 Å². The third-order valence-electron chi connectivity index (χ3n) is 6.73. The largest absolute Gasteiger partial charge is 0.493 e. The number of ether oxygens (including phenoxy) is 2. The molecule has 4 aliphatic rings. The number of aliphatic hydroxyl groups is 1. The minimum absolute atomic E-state index is 0. The van der Waals surface area contributed by atoms with Gasteiger partial charge >= 0.3 is 0 Å². The summed E-state index contributed by atoms with van der Waals surface area (Å²) in [6.45, 7) is 0.871. The molecule has 2 bridgehead atoms. The van der Waals surface area contributed by atoms with Crippen LogP contribution in [0.4, 0.5) is 0 Å². The second-order valence-electron chi connectivity index (χ2n) is 7.44. The summed E-state index contributed by atoms with van der Waals surface area (Å²) in [5, 5.41) is 11.7. The highest BCUT2D eigenvalue weighted by Gasteiger charge is 2.72. The highest BCUT2D eigenvalue weighted by molar-refractivity contribution is 5.90. The number of hydrogen-bond donors (Lipinski definition) is 1. The zero-order chi connectivity index (χ0) is 16.0. The molecule has 4 atom stereocenters. The molecule has 0 aromatic heterocycles. The predicted molar refractivity (Wildman–Crippen MR) is 90.3 cm³/mol. The monoisotopic (exact) mass is 351 g/mol. The lowest BCUT2D eigenvalue weighted by atomic mass is 9.49. The second-order valence-corrected chi connectivity index (χ2v) is 7.44. The van der Waals surface area contributed by atoms with Gasteiger partial charge in [-0.3, -0.25) is 4.79 Å². The number of ketones is 1. The number of piperidine rings is 1. The summed E-state index contributed by atoms with van der Waals surface area (Å²) in [6, 6.07) is 4.05. The van der Waals surface area contributed by atoms with Gasteiger partial charge in [-0.2, -0.15) is 0 Å². The predicted octanol–water partition coefficient (Wildman–Crippen LogP) is 1.47. The van der Waals surface area contributed by atoms with Gasteiger partial charge in [0.2, 0.25) is 0 Å². The Kier molecular flexibility index (Phi) is 3.28. The van der Waals surface area contributed by atoms with Crippen molar-refractivity contribution in [2.75, 3.05) is 20.7 Å². The van der Waals surface area contributed by atoms with E-state index in [0.717, 1.165) is 24.9 Å². The van der Waals surface area contributed by atoms with Crippen LogP contribution in [0.5, 0.6) is 11.5 Å².